The third kappa shape index (κ3) is 1.47. The van der Waals surface area contributed by atoms with Crippen LogP contribution in [0.25, 0.3) is 11.0 Å². The first kappa shape index (κ1) is 11.0. The van der Waals surface area contributed by atoms with Gasteiger partial charge in [0, 0.05) is 14.1 Å². The maximum Gasteiger partial charge on any atom is 0.328 e. The van der Waals surface area contributed by atoms with Crippen LogP contribution in [-0.2, 0) is 19.5 Å². The molecule has 86 valence electrons. The van der Waals surface area contributed by atoms with Crippen molar-refractivity contribution < 1.29 is 0 Å². The summed E-state index contributed by atoms with van der Waals surface area (Å²) in [4.78, 5) is 11.8. The van der Waals surface area contributed by atoms with Crippen LogP contribution < -0.4 is 5.69 Å². The molecule has 1 heterocycles. The summed E-state index contributed by atoms with van der Waals surface area (Å²) >= 11 is 0. The van der Waals surface area contributed by atoms with Crippen molar-refractivity contribution in [3.63, 3.8) is 0 Å². The molecule has 16 heavy (non-hydrogen) atoms. The number of nitrogens with zero attached hydrogens (tertiary/aromatic N) is 2. The van der Waals surface area contributed by atoms with Gasteiger partial charge in [0.2, 0.25) is 0 Å². The lowest BCUT2D eigenvalue weighted by Crippen LogP contribution is -2.19. The average Bonchev–Trinajstić information content (AvgIpc) is 2.43. The van der Waals surface area contributed by atoms with Gasteiger partial charge in [-0.05, 0) is 23.1 Å². The Bertz CT molecular complexity index is 597. The maximum atomic E-state index is 11.8. The number of benzene rings is 1. The molecule has 0 amide bonds. The topological polar surface area (TPSA) is 26.9 Å². The molecule has 1 aromatic heterocycles. The largest absolute Gasteiger partial charge is 0.328 e. The van der Waals surface area contributed by atoms with Crippen LogP contribution >= 0.6 is 0 Å². The SMILES string of the molecule is Cn1c(=O)n(C)c2cc(C(C)(C)C)ccc21. The Morgan fingerprint density at radius 1 is 1.00 bits per heavy atom. The predicted octanol–water partition coefficient (Wildman–Crippen LogP) is 2.17. The van der Waals surface area contributed by atoms with Crippen LogP contribution in [0, 0.1) is 0 Å². The van der Waals surface area contributed by atoms with Gasteiger partial charge >= 0.3 is 5.69 Å². The van der Waals surface area contributed by atoms with Gasteiger partial charge in [0.25, 0.3) is 0 Å². The Morgan fingerprint density at radius 3 is 2.12 bits per heavy atom. The Kier molecular flexibility index (Phi) is 2.22. The minimum absolute atomic E-state index is 0.0288. The summed E-state index contributed by atoms with van der Waals surface area (Å²) in [6, 6.07) is 6.23. The van der Waals surface area contributed by atoms with Crippen molar-refractivity contribution >= 4 is 11.0 Å². The first-order chi connectivity index (χ1) is 7.32. The van der Waals surface area contributed by atoms with Gasteiger partial charge in [-0.3, -0.25) is 9.13 Å². The van der Waals surface area contributed by atoms with Gasteiger partial charge in [-0.15, -0.1) is 0 Å². The number of imidazole rings is 1. The standard InChI is InChI=1S/C13H18N2O/c1-13(2,3)9-6-7-10-11(8-9)15(5)12(16)14(10)4/h6-8H,1-5H3. The highest BCUT2D eigenvalue weighted by Gasteiger charge is 2.16. The zero-order valence-corrected chi connectivity index (χ0v) is 10.5. The molecule has 0 N–H and O–H groups in total. The molecule has 0 bridgehead atoms. The molecule has 0 saturated carbocycles. The number of hydrogen-bond donors (Lipinski definition) is 0. The summed E-state index contributed by atoms with van der Waals surface area (Å²) in [5.41, 5.74) is 3.38. The second-order valence-electron chi connectivity index (χ2n) is 5.35. The van der Waals surface area contributed by atoms with Crippen molar-refractivity contribution in [3.8, 4) is 0 Å². The van der Waals surface area contributed by atoms with E-state index in [4.69, 9.17) is 0 Å². The van der Waals surface area contributed by atoms with Crippen molar-refractivity contribution in [1.29, 1.82) is 0 Å². The second-order valence-corrected chi connectivity index (χ2v) is 5.35. The van der Waals surface area contributed by atoms with Crippen LogP contribution in [0.15, 0.2) is 23.0 Å². The molecule has 0 aliphatic heterocycles. The van der Waals surface area contributed by atoms with Crippen LogP contribution in [0.5, 0.6) is 0 Å². The fourth-order valence-electron chi connectivity index (χ4n) is 1.97. The van der Waals surface area contributed by atoms with E-state index < -0.39 is 0 Å². The fraction of sp³-hybridized carbons (Fsp3) is 0.462. The summed E-state index contributed by atoms with van der Waals surface area (Å²) in [6.07, 6.45) is 0. The molecule has 0 spiro atoms. The Hall–Kier alpha value is -1.51. The van der Waals surface area contributed by atoms with Gasteiger partial charge in [-0.1, -0.05) is 26.8 Å². The maximum absolute atomic E-state index is 11.8. The number of rotatable bonds is 0. The minimum atomic E-state index is 0.0288. The van der Waals surface area contributed by atoms with Crippen LogP contribution in [0.4, 0.5) is 0 Å². The predicted molar refractivity (Wildman–Crippen MR) is 66.9 cm³/mol. The van der Waals surface area contributed by atoms with E-state index in [1.165, 1.54) is 5.56 Å². The molecule has 0 radical (unpaired) electrons. The molecule has 1 aromatic carbocycles. The van der Waals surface area contributed by atoms with E-state index in [0.717, 1.165) is 11.0 Å². The smallest absolute Gasteiger partial charge is 0.295 e. The molecule has 0 fully saturated rings. The van der Waals surface area contributed by atoms with Crippen LogP contribution in [0.2, 0.25) is 0 Å². The molecular weight excluding hydrogens is 200 g/mol. The molecule has 0 aliphatic rings. The van der Waals surface area contributed by atoms with Crippen molar-refractivity contribution in [3.05, 3.63) is 34.2 Å². The minimum Gasteiger partial charge on any atom is -0.295 e. The number of aryl methyl sites for hydroxylation is 2. The van der Waals surface area contributed by atoms with E-state index in [-0.39, 0.29) is 11.1 Å². The van der Waals surface area contributed by atoms with Gasteiger partial charge in [-0.2, -0.15) is 0 Å². The van der Waals surface area contributed by atoms with E-state index in [0.29, 0.717) is 0 Å². The highest BCUT2D eigenvalue weighted by Crippen LogP contribution is 2.25. The lowest BCUT2D eigenvalue weighted by Gasteiger charge is -2.19. The highest BCUT2D eigenvalue weighted by atomic mass is 16.1. The molecule has 0 aliphatic carbocycles. The average molecular weight is 218 g/mol. The Morgan fingerprint density at radius 2 is 1.56 bits per heavy atom. The molecule has 0 unspecified atom stereocenters. The molecule has 2 aromatic rings. The van der Waals surface area contributed by atoms with Gasteiger partial charge in [0.15, 0.2) is 0 Å². The lowest BCUT2D eigenvalue weighted by atomic mass is 9.87. The highest BCUT2D eigenvalue weighted by molar-refractivity contribution is 5.77. The van der Waals surface area contributed by atoms with Gasteiger partial charge in [0.1, 0.15) is 0 Å². The Balaban J connectivity index is 2.82. The summed E-state index contributed by atoms with van der Waals surface area (Å²) in [5.74, 6) is 0. The number of fused-ring (bicyclic) bond motifs is 1. The zero-order valence-electron chi connectivity index (χ0n) is 10.5. The molecule has 0 atom stereocenters. The van der Waals surface area contributed by atoms with Gasteiger partial charge in [0.05, 0.1) is 11.0 Å². The number of hydrogen-bond acceptors (Lipinski definition) is 1. The van der Waals surface area contributed by atoms with E-state index in [1.807, 2.05) is 13.1 Å². The van der Waals surface area contributed by atoms with Crippen molar-refractivity contribution in [2.45, 2.75) is 26.2 Å². The van der Waals surface area contributed by atoms with Crippen molar-refractivity contribution in [2.24, 2.45) is 14.1 Å². The number of aromatic nitrogens is 2. The third-order valence-corrected chi connectivity index (χ3v) is 3.14. The summed E-state index contributed by atoms with van der Waals surface area (Å²) in [6.45, 7) is 6.53. The normalized spacial score (nSPS) is 12.3. The second kappa shape index (κ2) is 3.24. The molecule has 2 rings (SSSR count). The first-order valence-corrected chi connectivity index (χ1v) is 5.48. The monoisotopic (exact) mass is 218 g/mol. The van der Waals surface area contributed by atoms with Gasteiger partial charge < -0.3 is 0 Å². The van der Waals surface area contributed by atoms with Gasteiger partial charge in [-0.25, -0.2) is 4.79 Å². The zero-order chi connectivity index (χ0) is 12.1. The molecular formula is C13H18N2O. The lowest BCUT2D eigenvalue weighted by molar-refractivity contribution is 0.591. The quantitative estimate of drug-likeness (QED) is 0.665. The van der Waals surface area contributed by atoms with E-state index in [9.17, 15) is 4.79 Å². The van der Waals surface area contributed by atoms with E-state index >= 15 is 0 Å². The summed E-state index contributed by atoms with van der Waals surface area (Å²) < 4.78 is 3.38. The van der Waals surface area contributed by atoms with Crippen LogP contribution in [0.1, 0.15) is 26.3 Å². The molecule has 3 nitrogen and oxygen atoms in total. The Labute approximate surface area is 95.3 Å². The third-order valence-electron chi connectivity index (χ3n) is 3.14. The molecule has 0 saturated heterocycles. The van der Waals surface area contributed by atoms with Crippen molar-refractivity contribution in [2.75, 3.05) is 0 Å². The van der Waals surface area contributed by atoms with E-state index in [2.05, 4.69) is 32.9 Å². The summed E-state index contributed by atoms with van der Waals surface area (Å²) in [5, 5.41) is 0. The first-order valence-electron chi connectivity index (χ1n) is 5.48. The van der Waals surface area contributed by atoms with E-state index in [1.54, 1.807) is 16.2 Å². The van der Waals surface area contributed by atoms with Crippen LogP contribution in [0.3, 0.4) is 0 Å². The summed E-state index contributed by atoms with van der Waals surface area (Å²) in [7, 11) is 3.62. The fourth-order valence-corrected chi connectivity index (χ4v) is 1.97. The van der Waals surface area contributed by atoms with Crippen LogP contribution in [-0.4, -0.2) is 9.13 Å². The van der Waals surface area contributed by atoms with Crippen molar-refractivity contribution in [1.82, 2.24) is 9.13 Å². The molecule has 3 heteroatoms.